The van der Waals surface area contributed by atoms with Crippen molar-refractivity contribution in [3.05, 3.63) is 36.4 Å². The molecule has 0 saturated heterocycles. The number of benzene rings is 2. The highest BCUT2D eigenvalue weighted by Gasteiger charge is 1.99. The van der Waals surface area contributed by atoms with E-state index in [2.05, 4.69) is 9.37 Å². The molecule has 0 aliphatic carbocycles. The van der Waals surface area contributed by atoms with Gasteiger partial charge in [-0.3, -0.25) is 0 Å². The summed E-state index contributed by atoms with van der Waals surface area (Å²) >= 11 is 0.928. The molecular formula is C10H9NO3S. The molecular weight excluding hydrogens is 214 g/mol. The summed E-state index contributed by atoms with van der Waals surface area (Å²) in [6.07, 6.45) is 0. The van der Waals surface area contributed by atoms with Crippen LogP contribution in [0.2, 0.25) is 0 Å². The third kappa shape index (κ3) is 2.40. The molecule has 0 aromatic heterocycles. The number of hydrogen-bond acceptors (Lipinski definition) is 5. The van der Waals surface area contributed by atoms with Crippen LogP contribution in [0, 0.1) is 0 Å². The Bertz CT molecular complexity index is 475. The van der Waals surface area contributed by atoms with Crippen molar-refractivity contribution in [3.63, 3.8) is 0 Å². The number of anilines is 1. The molecule has 78 valence electrons. The van der Waals surface area contributed by atoms with Gasteiger partial charge in [0.15, 0.2) is 0 Å². The van der Waals surface area contributed by atoms with E-state index in [9.17, 15) is 0 Å². The highest BCUT2D eigenvalue weighted by molar-refractivity contribution is 7.94. The van der Waals surface area contributed by atoms with E-state index in [4.69, 9.17) is 11.0 Å². The van der Waals surface area contributed by atoms with Gasteiger partial charge < -0.3 is 5.73 Å². The molecule has 15 heavy (non-hydrogen) atoms. The molecule has 0 unspecified atom stereocenters. The van der Waals surface area contributed by atoms with Gasteiger partial charge in [-0.1, -0.05) is 17.2 Å². The number of rotatable bonds is 3. The van der Waals surface area contributed by atoms with Crippen molar-refractivity contribution < 1.29 is 14.6 Å². The largest absolute Gasteiger partial charge is 0.399 e. The Labute approximate surface area is 90.7 Å². The topological polar surface area (TPSA) is 64.7 Å². The Hall–Kier alpha value is -1.27. The lowest BCUT2D eigenvalue weighted by atomic mass is 10.1. The maximum atomic E-state index is 8.02. The summed E-state index contributed by atoms with van der Waals surface area (Å²) in [6, 6.07) is 11.4. The van der Waals surface area contributed by atoms with Crippen molar-refractivity contribution in [3.8, 4) is 0 Å². The lowest BCUT2D eigenvalue weighted by Gasteiger charge is -2.02. The predicted molar refractivity (Wildman–Crippen MR) is 59.0 cm³/mol. The second-order valence-electron chi connectivity index (χ2n) is 2.99. The maximum Gasteiger partial charge on any atom is 0.0714 e. The fourth-order valence-electron chi connectivity index (χ4n) is 1.35. The first kappa shape index (κ1) is 10.3. The normalized spacial score (nSPS) is 10.7. The van der Waals surface area contributed by atoms with Crippen LogP contribution in [0.5, 0.6) is 0 Å². The van der Waals surface area contributed by atoms with E-state index >= 15 is 0 Å². The molecule has 0 aliphatic heterocycles. The van der Waals surface area contributed by atoms with Gasteiger partial charge in [0, 0.05) is 10.6 Å². The van der Waals surface area contributed by atoms with E-state index in [1.165, 1.54) is 0 Å². The van der Waals surface area contributed by atoms with Gasteiger partial charge in [0.05, 0.1) is 12.0 Å². The van der Waals surface area contributed by atoms with E-state index in [0.29, 0.717) is 5.69 Å². The van der Waals surface area contributed by atoms with Crippen LogP contribution in [0.3, 0.4) is 0 Å². The van der Waals surface area contributed by atoms with Gasteiger partial charge in [0.1, 0.15) is 0 Å². The molecule has 4 nitrogen and oxygen atoms in total. The zero-order valence-electron chi connectivity index (χ0n) is 7.71. The molecule has 0 radical (unpaired) electrons. The molecule has 3 N–H and O–H groups in total. The van der Waals surface area contributed by atoms with Crippen molar-refractivity contribution >= 4 is 28.5 Å². The van der Waals surface area contributed by atoms with E-state index in [-0.39, 0.29) is 0 Å². The van der Waals surface area contributed by atoms with Crippen LogP contribution in [-0.2, 0) is 9.37 Å². The second-order valence-corrected chi connectivity index (χ2v) is 3.77. The maximum absolute atomic E-state index is 8.02. The average Bonchev–Trinajstić information content (AvgIpc) is 2.25. The Morgan fingerprint density at radius 3 is 2.67 bits per heavy atom. The summed E-state index contributed by atoms with van der Waals surface area (Å²) in [5.74, 6) is 0. The van der Waals surface area contributed by atoms with Crippen LogP contribution in [0.15, 0.2) is 41.3 Å². The van der Waals surface area contributed by atoms with Crippen LogP contribution in [-0.4, -0.2) is 5.26 Å². The monoisotopic (exact) mass is 223 g/mol. The lowest BCUT2D eigenvalue weighted by Crippen LogP contribution is -1.84. The summed E-state index contributed by atoms with van der Waals surface area (Å²) in [6.45, 7) is 0. The van der Waals surface area contributed by atoms with Gasteiger partial charge in [0.25, 0.3) is 0 Å². The van der Waals surface area contributed by atoms with Crippen molar-refractivity contribution in [1.82, 2.24) is 0 Å². The summed E-state index contributed by atoms with van der Waals surface area (Å²) in [5, 5.41) is 13.7. The first-order valence-electron chi connectivity index (χ1n) is 4.23. The van der Waals surface area contributed by atoms with E-state index < -0.39 is 0 Å². The molecule has 0 saturated carbocycles. The third-order valence-corrected chi connectivity index (χ3v) is 2.57. The van der Waals surface area contributed by atoms with Crippen molar-refractivity contribution in [2.24, 2.45) is 0 Å². The third-order valence-electron chi connectivity index (χ3n) is 2.00. The molecule has 0 heterocycles. The number of fused-ring (bicyclic) bond motifs is 1. The Kier molecular flexibility index (Phi) is 3.08. The van der Waals surface area contributed by atoms with Gasteiger partial charge >= 0.3 is 0 Å². The van der Waals surface area contributed by atoms with Gasteiger partial charge in [-0.15, -0.1) is 4.33 Å². The summed E-state index contributed by atoms with van der Waals surface area (Å²) < 4.78 is 4.34. The van der Waals surface area contributed by atoms with Crippen molar-refractivity contribution in [2.45, 2.75) is 4.90 Å². The van der Waals surface area contributed by atoms with Gasteiger partial charge in [0.2, 0.25) is 0 Å². The smallest absolute Gasteiger partial charge is 0.0714 e. The first-order valence-corrected chi connectivity index (χ1v) is 4.98. The highest BCUT2D eigenvalue weighted by Crippen LogP contribution is 2.25. The molecule has 5 heteroatoms. The summed E-state index contributed by atoms with van der Waals surface area (Å²) in [4.78, 5) is 0.821. The minimum Gasteiger partial charge on any atom is -0.399 e. The number of hydrogen-bond donors (Lipinski definition) is 2. The van der Waals surface area contributed by atoms with Gasteiger partial charge in [-0.2, -0.15) is 0 Å². The highest BCUT2D eigenvalue weighted by atomic mass is 32.2. The van der Waals surface area contributed by atoms with Crippen molar-refractivity contribution in [2.75, 3.05) is 5.73 Å². The quantitative estimate of drug-likeness (QED) is 0.362. The molecule has 0 aliphatic rings. The molecule has 0 fully saturated rings. The Morgan fingerprint density at radius 1 is 1.07 bits per heavy atom. The minimum atomic E-state index is 0.712. The van der Waals surface area contributed by atoms with E-state index in [1.807, 2.05) is 36.4 Å². The molecule has 2 aromatic rings. The molecule has 0 atom stereocenters. The number of nitrogens with two attached hydrogens (primary N) is 1. The summed E-state index contributed by atoms with van der Waals surface area (Å²) in [7, 11) is 0. The second kappa shape index (κ2) is 4.50. The molecule has 2 rings (SSSR count). The minimum absolute atomic E-state index is 0.712. The fraction of sp³-hybridized carbons (Fsp3) is 0. The lowest BCUT2D eigenvalue weighted by molar-refractivity contribution is -0.432. The van der Waals surface area contributed by atoms with Gasteiger partial charge in [-0.25, -0.2) is 5.26 Å². The zero-order valence-corrected chi connectivity index (χ0v) is 8.53. The molecule has 0 spiro atoms. The van der Waals surface area contributed by atoms with Crippen LogP contribution in [0.4, 0.5) is 5.69 Å². The van der Waals surface area contributed by atoms with Crippen LogP contribution >= 0.6 is 12.0 Å². The number of nitrogen functional groups attached to an aromatic ring is 1. The fourth-order valence-corrected chi connectivity index (χ4v) is 1.76. The van der Waals surface area contributed by atoms with Crippen LogP contribution in [0.1, 0.15) is 0 Å². The Morgan fingerprint density at radius 2 is 1.87 bits per heavy atom. The van der Waals surface area contributed by atoms with E-state index in [1.54, 1.807) is 0 Å². The zero-order chi connectivity index (χ0) is 10.7. The van der Waals surface area contributed by atoms with E-state index in [0.717, 1.165) is 27.7 Å². The average molecular weight is 223 g/mol. The predicted octanol–water partition coefficient (Wildman–Crippen LogP) is 2.85. The molecule has 2 aromatic carbocycles. The molecule has 0 amide bonds. The van der Waals surface area contributed by atoms with Crippen LogP contribution in [0.25, 0.3) is 10.8 Å². The molecule has 0 bridgehead atoms. The SMILES string of the molecule is Nc1ccc2ccc(SOOO)cc2c1. The van der Waals surface area contributed by atoms with Crippen LogP contribution < -0.4 is 5.73 Å². The van der Waals surface area contributed by atoms with Gasteiger partial charge in [-0.05, 0) is 35.0 Å². The first-order chi connectivity index (χ1) is 7.29. The standard InChI is InChI=1S/C10H9NO3S/c11-9-3-1-7-2-4-10(15-14-13-12)6-8(7)5-9/h1-6,12H,11H2. The Balaban J connectivity index is 2.36. The summed E-state index contributed by atoms with van der Waals surface area (Å²) in [5.41, 5.74) is 6.38. The van der Waals surface area contributed by atoms with Crippen molar-refractivity contribution in [1.29, 1.82) is 0 Å².